The lowest BCUT2D eigenvalue weighted by molar-refractivity contribution is -0.142. The highest BCUT2D eigenvalue weighted by Gasteiger charge is 2.39. The number of hydrogen-bond acceptors (Lipinski definition) is 3. The molecule has 4 atom stereocenters. The van der Waals surface area contributed by atoms with Crippen LogP contribution in [0.3, 0.4) is 0 Å². The third-order valence-corrected chi connectivity index (χ3v) is 4.35. The van der Waals surface area contributed by atoms with Gasteiger partial charge in [0.25, 0.3) is 0 Å². The Kier molecular flexibility index (Phi) is 4.63. The molecule has 1 aliphatic rings. The molecule has 1 amide bonds. The Balaban J connectivity index is 2.05. The minimum Gasteiger partial charge on any atom is -0.481 e. The molecule has 2 rings (SSSR count). The van der Waals surface area contributed by atoms with E-state index in [4.69, 9.17) is 10.8 Å². The van der Waals surface area contributed by atoms with Crippen LogP contribution >= 0.6 is 0 Å². The molecule has 5 heteroatoms. The zero-order valence-electron chi connectivity index (χ0n) is 12.4. The van der Waals surface area contributed by atoms with Gasteiger partial charge in [-0.15, -0.1) is 0 Å². The van der Waals surface area contributed by atoms with Crippen LogP contribution in [0, 0.1) is 17.8 Å². The van der Waals surface area contributed by atoms with Gasteiger partial charge in [-0.1, -0.05) is 44.2 Å². The molecular weight excluding hydrogens is 268 g/mol. The van der Waals surface area contributed by atoms with E-state index < -0.39 is 11.9 Å². The molecule has 1 fully saturated rings. The van der Waals surface area contributed by atoms with E-state index in [-0.39, 0.29) is 30.3 Å². The maximum absolute atomic E-state index is 12.5. The van der Waals surface area contributed by atoms with E-state index in [2.05, 4.69) is 0 Å². The highest BCUT2D eigenvalue weighted by atomic mass is 16.4. The predicted molar refractivity (Wildman–Crippen MR) is 79.4 cm³/mol. The van der Waals surface area contributed by atoms with Gasteiger partial charge in [0, 0.05) is 19.1 Å². The number of amides is 1. The average Bonchev–Trinajstić information content (AvgIpc) is 2.88. The maximum atomic E-state index is 12.5. The van der Waals surface area contributed by atoms with Gasteiger partial charge in [0.1, 0.15) is 0 Å². The number of benzene rings is 1. The van der Waals surface area contributed by atoms with Crippen LogP contribution < -0.4 is 5.73 Å². The fraction of sp³-hybridized carbons (Fsp3) is 0.500. The molecule has 0 bridgehead atoms. The van der Waals surface area contributed by atoms with Crippen LogP contribution in [0.1, 0.15) is 25.5 Å². The summed E-state index contributed by atoms with van der Waals surface area (Å²) < 4.78 is 0. The van der Waals surface area contributed by atoms with E-state index in [1.165, 1.54) is 0 Å². The van der Waals surface area contributed by atoms with Crippen LogP contribution in [0.25, 0.3) is 0 Å². The van der Waals surface area contributed by atoms with Gasteiger partial charge >= 0.3 is 5.97 Å². The number of carboxylic acid groups (broad SMARTS) is 1. The van der Waals surface area contributed by atoms with Gasteiger partial charge in [0.05, 0.1) is 11.8 Å². The second kappa shape index (κ2) is 6.26. The van der Waals surface area contributed by atoms with E-state index in [9.17, 15) is 9.59 Å². The Hall–Kier alpha value is -1.88. The number of likely N-dealkylation sites (tertiary alicyclic amines) is 1. The summed E-state index contributed by atoms with van der Waals surface area (Å²) in [6.45, 7) is 4.44. The number of hydrogen-bond donors (Lipinski definition) is 2. The summed E-state index contributed by atoms with van der Waals surface area (Å²) in [6.07, 6.45) is 0. The number of carboxylic acids is 1. The lowest BCUT2D eigenvalue weighted by Crippen LogP contribution is -2.38. The number of rotatable bonds is 4. The smallest absolute Gasteiger partial charge is 0.308 e. The molecular formula is C16H22N2O3. The number of nitrogens with zero attached hydrogens (tertiary/aromatic N) is 1. The Morgan fingerprint density at radius 1 is 1.29 bits per heavy atom. The van der Waals surface area contributed by atoms with Crippen LogP contribution in [0.5, 0.6) is 0 Å². The van der Waals surface area contributed by atoms with Crippen molar-refractivity contribution in [1.29, 1.82) is 0 Å². The van der Waals surface area contributed by atoms with Crippen molar-refractivity contribution in [3.05, 3.63) is 35.9 Å². The summed E-state index contributed by atoms with van der Waals surface area (Å²) in [6, 6.07) is 9.12. The van der Waals surface area contributed by atoms with Crippen molar-refractivity contribution in [3.63, 3.8) is 0 Å². The zero-order valence-corrected chi connectivity index (χ0v) is 12.4. The summed E-state index contributed by atoms with van der Waals surface area (Å²) in [4.78, 5) is 25.3. The summed E-state index contributed by atoms with van der Waals surface area (Å²) in [7, 11) is 0. The van der Waals surface area contributed by atoms with Gasteiger partial charge in [-0.05, 0) is 11.5 Å². The second-order valence-corrected chi connectivity index (χ2v) is 5.89. The van der Waals surface area contributed by atoms with E-state index in [0.717, 1.165) is 5.56 Å². The van der Waals surface area contributed by atoms with Gasteiger partial charge < -0.3 is 15.7 Å². The fourth-order valence-electron chi connectivity index (χ4n) is 2.87. The van der Waals surface area contributed by atoms with Gasteiger partial charge in [0.2, 0.25) is 5.91 Å². The highest BCUT2D eigenvalue weighted by molar-refractivity contribution is 5.81. The molecule has 1 saturated heterocycles. The third kappa shape index (κ3) is 3.24. The summed E-state index contributed by atoms with van der Waals surface area (Å²) in [5.74, 6) is -1.77. The topological polar surface area (TPSA) is 83.6 Å². The fourth-order valence-corrected chi connectivity index (χ4v) is 2.87. The molecule has 0 saturated carbocycles. The molecule has 3 N–H and O–H groups in total. The van der Waals surface area contributed by atoms with Crippen molar-refractivity contribution in [3.8, 4) is 0 Å². The first-order valence-corrected chi connectivity index (χ1v) is 7.24. The quantitative estimate of drug-likeness (QED) is 0.880. The Bertz CT molecular complexity index is 518. The molecule has 1 aromatic rings. The van der Waals surface area contributed by atoms with Crippen LogP contribution in [0.4, 0.5) is 0 Å². The lowest BCUT2D eigenvalue weighted by Gasteiger charge is -2.25. The van der Waals surface area contributed by atoms with Crippen molar-refractivity contribution in [2.45, 2.75) is 19.9 Å². The van der Waals surface area contributed by atoms with Crippen molar-refractivity contribution < 1.29 is 14.7 Å². The minimum absolute atomic E-state index is 0.0217. The molecule has 0 aliphatic carbocycles. The number of carbonyl (C=O) groups excluding carboxylic acids is 1. The van der Waals surface area contributed by atoms with Crippen molar-refractivity contribution in [2.24, 2.45) is 23.5 Å². The number of nitrogens with two attached hydrogens (primary N) is 1. The number of aliphatic carboxylic acids is 1. The van der Waals surface area contributed by atoms with Gasteiger partial charge in [0.15, 0.2) is 0 Å². The van der Waals surface area contributed by atoms with E-state index in [0.29, 0.717) is 6.54 Å². The van der Waals surface area contributed by atoms with Crippen molar-refractivity contribution in [1.82, 2.24) is 4.90 Å². The summed E-state index contributed by atoms with van der Waals surface area (Å²) in [5, 5.41) is 9.15. The highest BCUT2D eigenvalue weighted by Crippen LogP contribution is 2.27. The number of carbonyl (C=O) groups is 2. The van der Waals surface area contributed by atoms with Crippen molar-refractivity contribution in [2.75, 3.05) is 13.1 Å². The van der Waals surface area contributed by atoms with E-state index in [1.54, 1.807) is 11.8 Å². The molecule has 0 spiro atoms. The Morgan fingerprint density at radius 2 is 1.90 bits per heavy atom. The molecule has 21 heavy (non-hydrogen) atoms. The zero-order chi connectivity index (χ0) is 15.6. The predicted octanol–water partition coefficient (Wildman–Crippen LogP) is 1.50. The van der Waals surface area contributed by atoms with Crippen molar-refractivity contribution >= 4 is 11.9 Å². The Labute approximate surface area is 124 Å². The van der Waals surface area contributed by atoms with Crippen LogP contribution in [-0.2, 0) is 9.59 Å². The van der Waals surface area contributed by atoms with Gasteiger partial charge in [-0.3, -0.25) is 9.59 Å². The molecule has 114 valence electrons. The van der Waals surface area contributed by atoms with E-state index >= 15 is 0 Å². The van der Waals surface area contributed by atoms with Gasteiger partial charge in [-0.25, -0.2) is 0 Å². The van der Waals surface area contributed by atoms with Crippen LogP contribution in [0.2, 0.25) is 0 Å². The normalized spacial score (nSPS) is 24.6. The summed E-state index contributed by atoms with van der Waals surface area (Å²) in [5.41, 5.74) is 7.09. The molecule has 0 radical (unpaired) electrons. The second-order valence-electron chi connectivity index (χ2n) is 5.89. The molecule has 2 unspecified atom stereocenters. The standard InChI is InChI=1S/C16H22N2O3/c1-10-8-18(9-13(10)16(20)21)15(19)11(2)14(17)12-6-4-3-5-7-12/h3-7,10-11,13-14H,8-9,17H2,1-2H3,(H,20,21)/t10-,11?,13-,14?/m1/s1. The maximum Gasteiger partial charge on any atom is 0.308 e. The molecule has 5 nitrogen and oxygen atoms in total. The van der Waals surface area contributed by atoms with Crippen LogP contribution in [0.15, 0.2) is 30.3 Å². The molecule has 1 aromatic carbocycles. The SMILES string of the molecule is CC(C(=O)N1C[C@@H](C)[C@H](C(=O)O)C1)C(N)c1ccccc1. The lowest BCUT2D eigenvalue weighted by atomic mass is 9.94. The largest absolute Gasteiger partial charge is 0.481 e. The molecule has 1 heterocycles. The average molecular weight is 290 g/mol. The first-order chi connectivity index (χ1) is 9.91. The minimum atomic E-state index is -0.835. The van der Waals surface area contributed by atoms with E-state index in [1.807, 2.05) is 37.3 Å². The molecule has 1 aliphatic heterocycles. The summed E-state index contributed by atoms with van der Waals surface area (Å²) >= 11 is 0. The monoisotopic (exact) mass is 290 g/mol. The molecule has 0 aromatic heterocycles. The first kappa shape index (κ1) is 15.5. The van der Waals surface area contributed by atoms with Crippen LogP contribution in [-0.4, -0.2) is 35.0 Å². The Morgan fingerprint density at radius 3 is 2.43 bits per heavy atom. The first-order valence-electron chi connectivity index (χ1n) is 7.24. The third-order valence-electron chi connectivity index (χ3n) is 4.35. The van der Waals surface area contributed by atoms with Gasteiger partial charge in [-0.2, -0.15) is 0 Å².